The van der Waals surface area contributed by atoms with Gasteiger partial charge in [0.15, 0.2) is 0 Å². The van der Waals surface area contributed by atoms with Crippen molar-refractivity contribution in [2.45, 2.75) is 32.5 Å². The van der Waals surface area contributed by atoms with Gasteiger partial charge in [-0.05, 0) is 13.8 Å². The molecule has 1 N–H and O–H groups in total. The van der Waals surface area contributed by atoms with Crippen LogP contribution in [0, 0.1) is 16.7 Å². The summed E-state index contributed by atoms with van der Waals surface area (Å²) < 4.78 is 5.52. The normalized spacial score (nSPS) is 28.2. The van der Waals surface area contributed by atoms with E-state index in [0.29, 0.717) is 5.84 Å². The topological polar surface area (TPSA) is 60.1 Å². The molecule has 2 unspecified atom stereocenters. The maximum atomic E-state index is 8.45. The van der Waals surface area contributed by atoms with E-state index in [4.69, 9.17) is 15.4 Å². The van der Waals surface area contributed by atoms with Gasteiger partial charge in [0, 0.05) is 13.1 Å². The van der Waals surface area contributed by atoms with Gasteiger partial charge in [-0.3, -0.25) is 5.41 Å². The molecule has 0 aromatic heterocycles. The summed E-state index contributed by atoms with van der Waals surface area (Å²) in [5.41, 5.74) is 0. The molecule has 1 saturated heterocycles. The Hall–Kier alpha value is -1.08. The van der Waals surface area contributed by atoms with E-state index in [2.05, 4.69) is 0 Å². The maximum absolute atomic E-state index is 8.45. The minimum Gasteiger partial charge on any atom is -0.372 e. The van der Waals surface area contributed by atoms with E-state index in [1.165, 1.54) is 0 Å². The number of rotatable bonds is 1. The molecule has 0 spiro atoms. The van der Waals surface area contributed by atoms with Gasteiger partial charge in [-0.2, -0.15) is 5.26 Å². The number of hydrogen-bond acceptors (Lipinski definition) is 3. The van der Waals surface area contributed by atoms with Crippen LogP contribution in [0.2, 0.25) is 0 Å². The zero-order valence-electron chi connectivity index (χ0n) is 8.08. The Morgan fingerprint density at radius 3 is 2.54 bits per heavy atom. The van der Waals surface area contributed by atoms with Gasteiger partial charge in [-0.15, -0.1) is 0 Å². The summed E-state index contributed by atoms with van der Waals surface area (Å²) in [5, 5.41) is 16.1. The third-order valence-electron chi connectivity index (χ3n) is 2.05. The smallest absolute Gasteiger partial charge is 0.110 e. The van der Waals surface area contributed by atoms with Crippen molar-refractivity contribution in [1.82, 2.24) is 4.90 Å². The van der Waals surface area contributed by atoms with E-state index in [1.807, 2.05) is 24.8 Å². The van der Waals surface area contributed by atoms with Crippen molar-refractivity contribution >= 4 is 5.84 Å². The van der Waals surface area contributed by atoms with Gasteiger partial charge in [0.1, 0.15) is 5.84 Å². The molecule has 0 aromatic rings. The molecule has 1 aliphatic rings. The third kappa shape index (κ3) is 2.71. The summed E-state index contributed by atoms with van der Waals surface area (Å²) >= 11 is 0. The summed E-state index contributed by atoms with van der Waals surface area (Å²) in [5.74, 6) is 0.407. The first-order chi connectivity index (χ1) is 6.13. The number of nitrogens with one attached hydrogen (secondary N) is 1. The lowest BCUT2D eigenvalue weighted by Crippen LogP contribution is -2.47. The minimum atomic E-state index is 0.155. The van der Waals surface area contributed by atoms with E-state index in [-0.39, 0.29) is 18.6 Å². The first kappa shape index (κ1) is 10.0. The van der Waals surface area contributed by atoms with Gasteiger partial charge in [-0.1, -0.05) is 0 Å². The molecule has 2 atom stereocenters. The zero-order chi connectivity index (χ0) is 9.84. The fourth-order valence-corrected chi connectivity index (χ4v) is 1.58. The van der Waals surface area contributed by atoms with Crippen molar-refractivity contribution in [1.29, 1.82) is 10.7 Å². The molecule has 0 aliphatic carbocycles. The summed E-state index contributed by atoms with van der Waals surface area (Å²) in [6, 6.07) is 1.99. The van der Waals surface area contributed by atoms with Crippen LogP contribution in [0.25, 0.3) is 0 Å². The van der Waals surface area contributed by atoms with Crippen molar-refractivity contribution in [2.75, 3.05) is 13.1 Å². The first-order valence-electron chi connectivity index (χ1n) is 4.48. The van der Waals surface area contributed by atoms with Crippen molar-refractivity contribution in [3.05, 3.63) is 0 Å². The standard InChI is InChI=1S/C9H15N3O/c1-7-5-12(6-8(2)13-7)9(11)3-4-10/h7-8,11H,3,5-6H2,1-2H3. The highest BCUT2D eigenvalue weighted by Gasteiger charge is 2.23. The van der Waals surface area contributed by atoms with Crippen LogP contribution < -0.4 is 0 Å². The summed E-state index contributed by atoms with van der Waals surface area (Å²) in [6.45, 7) is 5.43. The molecular formula is C9H15N3O. The van der Waals surface area contributed by atoms with Crippen molar-refractivity contribution in [2.24, 2.45) is 0 Å². The Morgan fingerprint density at radius 1 is 1.54 bits per heavy atom. The molecule has 1 heterocycles. The molecule has 72 valence electrons. The van der Waals surface area contributed by atoms with Crippen molar-refractivity contribution in [3.63, 3.8) is 0 Å². The minimum absolute atomic E-state index is 0.155. The van der Waals surface area contributed by atoms with Crippen LogP contribution in [-0.4, -0.2) is 36.0 Å². The molecule has 0 bridgehead atoms. The average molecular weight is 181 g/mol. The van der Waals surface area contributed by atoms with Crippen molar-refractivity contribution in [3.8, 4) is 6.07 Å². The predicted molar refractivity (Wildman–Crippen MR) is 49.5 cm³/mol. The molecule has 0 saturated carbocycles. The lowest BCUT2D eigenvalue weighted by molar-refractivity contribution is -0.0485. The largest absolute Gasteiger partial charge is 0.372 e. The second kappa shape index (κ2) is 4.24. The highest BCUT2D eigenvalue weighted by molar-refractivity contribution is 5.81. The molecule has 13 heavy (non-hydrogen) atoms. The van der Waals surface area contributed by atoms with Gasteiger partial charge in [0.25, 0.3) is 0 Å². The fourth-order valence-electron chi connectivity index (χ4n) is 1.58. The van der Waals surface area contributed by atoms with Crippen LogP contribution in [0.5, 0.6) is 0 Å². The van der Waals surface area contributed by atoms with Gasteiger partial charge < -0.3 is 9.64 Å². The molecule has 0 amide bonds. The van der Waals surface area contributed by atoms with Crippen LogP contribution in [0.3, 0.4) is 0 Å². The Balaban J connectivity index is 2.50. The molecule has 1 fully saturated rings. The number of ether oxygens (including phenoxy) is 1. The highest BCUT2D eigenvalue weighted by Crippen LogP contribution is 2.11. The van der Waals surface area contributed by atoms with Gasteiger partial charge >= 0.3 is 0 Å². The number of hydrogen-bond donors (Lipinski definition) is 1. The number of nitriles is 1. The second-order valence-electron chi connectivity index (χ2n) is 3.44. The van der Waals surface area contributed by atoms with Crippen LogP contribution >= 0.6 is 0 Å². The van der Waals surface area contributed by atoms with Crippen LogP contribution in [0.1, 0.15) is 20.3 Å². The Morgan fingerprint density at radius 2 is 2.08 bits per heavy atom. The quantitative estimate of drug-likeness (QED) is 0.484. The SMILES string of the molecule is CC1CN(C(=N)CC#N)CC(C)O1. The lowest BCUT2D eigenvalue weighted by Gasteiger charge is -2.36. The van der Waals surface area contributed by atoms with E-state index in [9.17, 15) is 0 Å². The number of amidine groups is 1. The van der Waals surface area contributed by atoms with E-state index in [1.54, 1.807) is 0 Å². The summed E-state index contributed by atoms with van der Waals surface area (Å²) in [6.07, 6.45) is 0.505. The predicted octanol–water partition coefficient (Wildman–Crippen LogP) is 0.987. The highest BCUT2D eigenvalue weighted by atomic mass is 16.5. The average Bonchev–Trinajstić information content (AvgIpc) is 2.03. The maximum Gasteiger partial charge on any atom is 0.110 e. The van der Waals surface area contributed by atoms with Gasteiger partial charge in [-0.25, -0.2) is 0 Å². The first-order valence-corrected chi connectivity index (χ1v) is 4.48. The van der Waals surface area contributed by atoms with Crippen LogP contribution in [0.4, 0.5) is 0 Å². The Kier molecular flexibility index (Phi) is 3.26. The molecular weight excluding hydrogens is 166 g/mol. The van der Waals surface area contributed by atoms with E-state index < -0.39 is 0 Å². The fraction of sp³-hybridized carbons (Fsp3) is 0.778. The summed E-state index contributed by atoms with van der Waals surface area (Å²) in [7, 11) is 0. The number of nitrogens with zero attached hydrogens (tertiary/aromatic N) is 2. The van der Waals surface area contributed by atoms with Crippen LogP contribution in [0.15, 0.2) is 0 Å². The van der Waals surface area contributed by atoms with Crippen LogP contribution in [-0.2, 0) is 4.74 Å². The molecule has 4 nitrogen and oxygen atoms in total. The van der Waals surface area contributed by atoms with E-state index in [0.717, 1.165) is 13.1 Å². The monoisotopic (exact) mass is 181 g/mol. The zero-order valence-corrected chi connectivity index (χ0v) is 8.08. The Labute approximate surface area is 78.6 Å². The lowest BCUT2D eigenvalue weighted by atomic mass is 10.2. The summed E-state index contributed by atoms with van der Waals surface area (Å²) in [4.78, 5) is 1.92. The molecule has 4 heteroatoms. The Bertz CT molecular complexity index is 224. The third-order valence-corrected chi connectivity index (χ3v) is 2.05. The van der Waals surface area contributed by atoms with Crippen molar-refractivity contribution < 1.29 is 4.74 Å². The molecule has 0 aromatic carbocycles. The molecule has 1 rings (SSSR count). The van der Waals surface area contributed by atoms with Gasteiger partial charge in [0.05, 0.1) is 24.7 Å². The van der Waals surface area contributed by atoms with E-state index >= 15 is 0 Å². The second-order valence-corrected chi connectivity index (χ2v) is 3.44. The molecule has 0 radical (unpaired) electrons. The molecule has 1 aliphatic heterocycles. The number of morpholine rings is 1. The van der Waals surface area contributed by atoms with Gasteiger partial charge in [0.2, 0.25) is 0 Å².